The number of piperidine rings is 1. The molecule has 2 aromatic carbocycles. The Morgan fingerprint density at radius 2 is 1.90 bits per heavy atom. The summed E-state index contributed by atoms with van der Waals surface area (Å²) in [5.41, 5.74) is 5.83. The molecule has 3 aliphatic rings. The average molecular weight is 484 g/mol. The van der Waals surface area contributed by atoms with Crippen molar-refractivity contribution in [3.8, 4) is 0 Å². The van der Waals surface area contributed by atoms with Crippen LogP contribution in [0.25, 0.3) is 0 Å². The highest BCUT2D eigenvalue weighted by atomic mass is 79.9. The van der Waals surface area contributed by atoms with Crippen LogP contribution in [0.15, 0.2) is 40.9 Å². The van der Waals surface area contributed by atoms with Gasteiger partial charge in [0.2, 0.25) is 5.91 Å². The van der Waals surface area contributed by atoms with E-state index in [4.69, 9.17) is 4.74 Å². The molecule has 5 nitrogen and oxygen atoms in total. The first-order valence-corrected chi connectivity index (χ1v) is 11.9. The minimum Gasteiger partial charge on any atom is -0.379 e. The number of fused-ring (bicyclic) bond motifs is 2. The molecule has 0 aromatic heterocycles. The van der Waals surface area contributed by atoms with Crippen molar-refractivity contribution < 1.29 is 9.53 Å². The van der Waals surface area contributed by atoms with E-state index >= 15 is 0 Å². The van der Waals surface area contributed by atoms with Crippen LogP contribution in [0.2, 0.25) is 0 Å². The summed E-state index contributed by atoms with van der Waals surface area (Å²) >= 11 is 3.55. The summed E-state index contributed by atoms with van der Waals surface area (Å²) in [6.07, 6.45) is 2.56. The number of carbonyl (C=O) groups excluding carboxylic acids is 1. The first kappa shape index (κ1) is 20.8. The van der Waals surface area contributed by atoms with E-state index in [1.165, 1.54) is 16.7 Å². The Morgan fingerprint density at radius 3 is 2.71 bits per heavy atom. The summed E-state index contributed by atoms with van der Waals surface area (Å²) in [5, 5.41) is 7.39. The minimum atomic E-state index is -0.290. The molecule has 1 amide bonds. The van der Waals surface area contributed by atoms with Gasteiger partial charge in [0.05, 0.1) is 17.5 Å². The third-order valence-corrected chi connectivity index (χ3v) is 7.82. The number of likely N-dealkylation sites (tertiary alicyclic amines) is 1. The van der Waals surface area contributed by atoms with Crippen LogP contribution in [-0.4, -0.2) is 42.8 Å². The highest BCUT2D eigenvalue weighted by Gasteiger charge is 2.47. The summed E-state index contributed by atoms with van der Waals surface area (Å²) < 4.78 is 7.03. The van der Waals surface area contributed by atoms with E-state index in [0.29, 0.717) is 6.54 Å². The van der Waals surface area contributed by atoms with Gasteiger partial charge in [-0.15, -0.1) is 0 Å². The number of methoxy groups -OCH3 is 1. The van der Waals surface area contributed by atoms with Gasteiger partial charge < -0.3 is 20.3 Å². The lowest BCUT2D eigenvalue weighted by atomic mass is 9.82. The lowest BCUT2D eigenvalue weighted by Crippen LogP contribution is -2.59. The predicted molar refractivity (Wildman–Crippen MR) is 127 cm³/mol. The van der Waals surface area contributed by atoms with E-state index in [2.05, 4.69) is 76.8 Å². The van der Waals surface area contributed by atoms with Gasteiger partial charge in [0.15, 0.2) is 0 Å². The van der Waals surface area contributed by atoms with Gasteiger partial charge in [0, 0.05) is 36.5 Å². The van der Waals surface area contributed by atoms with Crippen molar-refractivity contribution in [2.24, 2.45) is 11.8 Å². The number of aryl methyl sites for hydroxylation is 1. The van der Waals surface area contributed by atoms with Crippen molar-refractivity contribution in [2.75, 3.05) is 30.8 Å². The lowest BCUT2D eigenvalue weighted by molar-refractivity contribution is -0.141. The van der Waals surface area contributed by atoms with Crippen LogP contribution < -0.4 is 10.6 Å². The molecule has 0 radical (unpaired) electrons. The van der Waals surface area contributed by atoms with Gasteiger partial charge in [-0.1, -0.05) is 28.1 Å². The normalized spacial score (nSPS) is 29.2. The second-order valence-electron chi connectivity index (χ2n) is 9.47. The molecule has 2 aliphatic heterocycles. The largest absolute Gasteiger partial charge is 0.379 e. The van der Waals surface area contributed by atoms with Gasteiger partial charge in [0.25, 0.3) is 0 Å². The molecule has 1 unspecified atom stereocenters. The van der Waals surface area contributed by atoms with Gasteiger partial charge in [-0.25, -0.2) is 0 Å². The number of anilines is 2. The average Bonchev–Trinajstić information content (AvgIpc) is 3.32. The molecule has 5 rings (SSSR count). The van der Waals surface area contributed by atoms with E-state index in [0.717, 1.165) is 41.7 Å². The molecule has 2 aromatic rings. The number of nitrogens with one attached hydrogen (secondary N) is 2. The van der Waals surface area contributed by atoms with Crippen molar-refractivity contribution in [1.82, 2.24) is 4.90 Å². The molecule has 0 bridgehead atoms. The molecule has 4 atom stereocenters. The Balaban J connectivity index is 1.27. The van der Waals surface area contributed by atoms with Crippen LogP contribution in [-0.2, 0) is 22.4 Å². The van der Waals surface area contributed by atoms with Crippen LogP contribution >= 0.6 is 15.9 Å². The van der Waals surface area contributed by atoms with Crippen LogP contribution in [0, 0.1) is 18.8 Å². The second-order valence-corrected chi connectivity index (χ2v) is 10.4. The first-order valence-electron chi connectivity index (χ1n) is 11.1. The SMILES string of the molecule is CO[C@H]1CN(C(=O)[C@H]2Cc3ccc(Br)cc3C2)CC[C@@H]1C1(C)Nc2ccc(C)cc2N1. The molecule has 2 heterocycles. The van der Waals surface area contributed by atoms with E-state index in [9.17, 15) is 4.79 Å². The number of carbonyl (C=O) groups is 1. The van der Waals surface area contributed by atoms with Crippen LogP contribution in [0.4, 0.5) is 11.4 Å². The predicted octanol–water partition coefficient (Wildman–Crippen LogP) is 4.59. The Kier molecular flexibility index (Phi) is 5.25. The zero-order valence-corrected chi connectivity index (χ0v) is 20.0. The molecule has 6 heteroatoms. The number of rotatable bonds is 3. The standard InChI is InChI=1S/C25H30BrN3O2/c1-15-4-7-21-22(10-15)28-25(2,27-21)20-8-9-29(14-23(20)31-3)24(30)18-11-16-5-6-19(26)13-17(16)12-18/h4-7,10,13,18,20,23,27-28H,8-9,11-12,14H2,1-3H3/t18-,20-,23-,25?/m0/s1. The quantitative estimate of drug-likeness (QED) is 0.670. The maximum Gasteiger partial charge on any atom is 0.226 e. The smallest absolute Gasteiger partial charge is 0.226 e. The summed E-state index contributed by atoms with van der Waals surface area (Å²) in [7, 11) is 1.77. The summed E-state index contributed by atoms with van der Waals surface area (Å²) in [6.45, 7) is 5.74. The Bertz CT molecular complexity index is 1030. The Hall–Kier alpha value is -2.05. The monoisotopic (exact) mass is 483 g/mol. The molecule has 0 saturated carbocycles. The molecule has 1 aliphatic carbocycles. The number of hydrogen-bond donors (Lipinski definition) is 2. The number of nitrogens with zero attached hydrogens (tertiary/aromatic N) is 1. The van der Waals surface area contributed by atoms with E-state index in [1.54, 1.807) is 7.11 Å². The number of hydrogen-bond acceptors (Lipinski definition) is 4. The number of benzene rings is 2. The fourth-order valence-corrected chi connectivity index (χ4v) is 6.09. The Morgan fingerprint density at radius 1 is 1.13 bits per heavy atom. The number of halogens is 1. The Labute approximate surface area is 192 Å². The van der Waals surface area contributed by atoms with Crippen molar-refractivity contribution in [3.63, 3.8) is 0 Å². The first-order chi connectivity index (χ1) is 14.9. The minimum absolute atomic E-state index is 0.0176. The van der Waals surface area contributed by atoms with Crippen LogP contribution in [0.5, 0.6) is 0 Å². The van der Waals surface area contributed by atoms with Gasteiger partial charge in [0.1, 0.15) is 5.66 Å². The van der Waals surface area contributed by atoms with E-state index in [1.807, 2.05) is 4.90 Å². The molecular weight excluding hydrogens is 454 g/mol. The third kappa shape index (κ3) is 3.74. The highest BCUT2D eigenvalue weighted by Crippen LogP contribution is 2.42. The van der Waals surface area contributed by atoms with E-state index in [-0.39, 0.29) is 29.5 Å². The highest BCUT2D eigenvalue weighted by molar-refractivity contribution is 9.10. The van der Waals surface area contributed by atoms with Crippen molar-refractivity contribution in [1.29, 1.82) is 0 Å². The lowest BCUT2D eigenvalue weighted by Gasteiger charge is -2.45. The topological polar surface area (TPSA) is 53.6 Å². The van der Waals surface area contributed by atoms with Crippen molar-refractivity contribution in [2.45, 2.75) is 44.9 Å². The van der Waals surface area contributed by atoms with Crippen LogP contribution in [0.3, 0.4) is 0 Å². The zero-order chi connectivity index (χ0) is 21.8. The van der Waals surface area contributed by atoms with Gasteiger partial charge in [-0.3, -0.25) is 4.79 Å². The van der Waals surface area contributed by atoms with Crippen molar-refractivity contribution >= 4 is 33.2 Å². The number of ether oxygens (including phenoxy) is 1. The van der Waals surface area contributed by atoms with Gasteiger partial charge in [-0.05, 0) is 74.1 Å². The molecule has 1 saturated heterocycles. The molecule has 2 N–H and O–H groups in total. The maximum atomic E-state index is 13.4. The molecule has 1 fully saturated rings. The zero-order valence-electron chi connectivity index (χ0n) is 18.4. The van der Waals surface area contributed by atoms with E-state index < -0.39 is 0 Å². The van der Waals surface area contributed by atoms with Gasteiger partial charge in [-0.2, -0.15) is 0 Å². The summed E-state index contributed by atoms with van der Waals surface area (Å²) in [4.78, 5) is 15.4. The molecular formula is C25H30BrN3O2. The summed E-state index contributed by atoms with van der Waals surface area (Å²) in [5.74, 6) is 0.569. The van der Waals surface area contributed by atoms with Crippen LogP contribution in [0.1, 0.15) is 30.0 Å². The molecule has 164 valence electrons. The van der Waals surface area contributed by atoms with Crippen molar-refractivity contribution in [3.05, 3.63) is 57.6 Å². The summed E-state index contributed by atoms with van der Waals surface area (Å²) in [6, 6.07) is 12.8. The maximum absolute atomic E-state index is 13.4. The fraction of sp³-hybridized carbons (Fsp3) is 0.480. The number of amides is 1. The van der Waals surface area contributed by atoms with Gasteiger partial charge >= 0.3 is 0 Å². The second kappa shape index (κ2) is 7.82. The molecule has 0 spiro atoms. The fourth-order valence-electron chi connectivity index (χ4n) is 5.68. The molecule has 31 heavy (non-hydrogen) atoms. The third-order valence-electron chi connectivity index (χ3n) is 7.33.